The lowest BCUT2D eigenvalue weighted by Gasteiger charge is -2.22. The summed E-state index contributed by atoms with van der Waals surface area (Å²) in [5.41, 5.74) is 1.95. The molecule has 0 aliphatic carbocycles. The predicted octanol–water partition coefficient (Wildman–Crippen LogP) is 4.35. The lowest BCUT2D eigenvalue weighted by molar-refractivity contribution is 0.0762. The van der Waals surface area contributed by atoms with Crippen molar-refractivity contribution in [2.24, 2.45) is 0 Å². The molecule has 3 aromatic rings. The zero-order chi connectivity index (χ0) is 22.7. The largest absolute Gasteiger partial charge is 0.337 e. The molecule has 1 N–H and O–H groups in total. The van der Waals surface area contributed by atoms with Crippen LogP contribution in [0.5, 0.6) is 0 Å². The van der Waals surface area contributed by atoms with E-state index in [-0.39, 0.29) is 11.9 Å². The van der Waals surface area contributed by atoms with Crippen molar-refractivity contribution in [1.29, 1.82) is 0 Å². The van der Waals surface area contributed by atoms with Crippen LogP contribution in [0.15, 0.2) is 54.7 Å². The Morgan fingerprint density at radius 2 is 1.69 bits per heavy atom. The molecule has 3 amide bonds. The molecule has 1 aliphatic heterocycles. The first kappa shape index (κ1) is 21.8. The maximum Gasteiger partial charge on any atom is 0.321 e. The summed E-state index contributed by atoms with van der Waals surface area (Å²) >= 11 is 5.88. The molecule has 0 bridgehead atoms. The van der Waals surface area contributed by atoms with Crippen LogP contribution in [0.3, 0.4) is 0 Å². The van der Waals surface area contributed by atoms with E-state index in [2.05, 4.69) is 10.4 Å². The Bertz CT molecular complexity index is 1130. The van der Waals surface area contributed by atoms with Crippen LogP contribution in [0, 0.1) is 12.7 Å². The van der Waals surface area contributed by atoms with Gasteiger partial charge < -0.3 is 15.1 Å². The molecule has 1 saturated heterocycles. The Hall–Kier alpha value is -3.39. The van der Waals surface area contributed by atoms with E-state index in [9.17, 15) is 14.0 Å². The quantitative estimate of drug-likeness (QED) is 0.638. The van der Waals surface area contributed by atoms with Gasteiger partial charge in [-0.25, -0.2) is 13.9 Å². The van der Waals surface area contributed by atoms with Crippen LogP contribution in [0.4, 0.5) is 14.9 Å². The van der Waals surface area contributed by atoms with Crippen LogP contribution in [-0.2, 0) is 0 Å². The highest BCUT2D eigenvalue weighted by Crippen LogP contribution is 2.19. The lowest BCUT2D eigenvalue weighted by Crippen LogP contribution is -2.39. The van der Waals surface area contributed by atoms with Crippen molar-refractivity contribution in [2.75, 3.05) is 31.5 Å². The summed E-state index contributed by atoms with van der Waals surface area (Å²) in [4.78, 5) is 29.2. The number of halogens is 2. The minimum atomic E-state index is -0.408. The van der Waals surface area contributed by atoms with E-state index in [0.29, 0.717) is 60.3 Å². The standard InChI is InChI=1S/C23H23ClFN5O2/c1-16-19(15-26-30(16)21-6-3-2-5-20(21)25)22(31)28-11-4-12-29(14-13-28)23(32)27-18-9-7-17(24)8-10-18/h2-3,5-10,15H,4,11-14H2,1H3,(H,27,32). The molecule has 0 radical (unpaired) electrons. The van der Waals surface area contributed by atoms with Gasteiger partial charge in [-0.05, 0) is 49.7 Å². The summed E-state index contributed by atoms with van der Waals surface area (Å²) in [5.74, 6) is -0.583. The molecule has 1 aromatic heterocycles. The maximum absolute atomic E-state index is 14.2. The second-order valence-corrected chi connectivity index (χ2v) is 8.01. The van der Waals surface area contributed by atoms with Crippen molar-refractivity contribution in [2.45, 2.75) is 13.3 Å². The predicted molar refractivity (Wildman–Crippen MR) is 121 cm³/mol. The Labute approximate surface area is 190 Å². The lowest BCUT2D eigenvalue weighted by atomic mass is 10.2. The van der Waals surface area contributed by atoms with Crippen molar-refractivity contribution in [3.05, 3.63) is 76.8 Å². The van der Waals surface area contributed by atoms with E-state index >= 15 is 0 Å². The maximum atomic E-state index is 14.2. The molecule has 1 fully saturated rings. The van der Waals surface area contributed by atoms with Gasteiger partial charge in [0.05, 0.1) is 17.5 Å². The number of amides is 3. The van der Waals surface area contributed by atoms with E-state index in [4.69, 9.17) is 11.6 Å². The molecule has 166 valence electrons. The number of nitrogens with one attached hydrogen (secondary N) is 1. The molecule has 1 aliphatic rings. The summed E-state index contributed by atoms with van der Waals surface area (Å²) in [6, 6.07) is 13.0. The second kappa shape index (κ2) is 9.40. The average molecular weight is 456 g/mol. The van der Waals surface area contributed by atoms with E-state index in [1.54, 1.807) is 59.2 Å². The van der Waals surface area contributed by atoms with Crippen molar-refractivity contribution >= 4 is 29.2 Å². The third-order valence-electron chi connectivity index (χ3n) is 5.49. The molecular weight excluding hydrogens is 433 g/mol. The van der Waals surface area contributed by atoms with Gasteiger partial charge in [0.2, 0.25) is 0 Å². The van der Waals surface area contributed by atoms with Gasteiger partial charge in [-0.2, -0.15) is 5.10 Å². The van der Waals surface area contributed by atoms with Crippen LogP contribution < -0.4 is 5.32 Å². The monoisotopic (exact) mass is 455 g/mol. The number of para-hydroxylation sites is 1. The number of urea groups is 1. The highest BCUT2D eigenvalue weighted by atomic mass is 35.5. The molecule has 9 heteroatoms. The molecule has 2 aromatic carbocycles. The minimum Gasteiger partial charge on any atom is -0.337 e. The van der Waals surface area contributed by atoms with E-state index < -0.39 is 5.82 Å². The molecule has 7 nitrogen and oxygen atoms in total. The van der Waals surface area contributed by atoms with Crippen LogP contribution >= 0.6 is 11.6 Å². The van der Waals surface area contributed by atoms with Crippen molar-refractivity contribution in [3.63, 3.8) is 0 Å². The number of hydrogen-bond acceptors (Lipinski definition) is 3. The number of carbonyl (C=O) groups excluding carboxylic acids is 2. The number of rotatable bonds is 3. The molecule has 0 atom stereocenters. The average Bonchev–Trinajstić information content (AvgIpc) is 3.00. The summed E-state index contributed by atoms with van der Waals surface area (Å²) in [6.07, 6.45) is 2.13. The SMILES string of the molecule is Cc1c(C(=O)N2CCCN(C(=O)Nc3ccc(Cl)cc3)CC2)cnn1-c1ccccc1F. The fraction of sp³-hybridized carbons (Fsp3) is 0.261. The summed E-state index contributed by atoms with van der Waals surface area (Å²) in [7, 11) is 0. The van der Waals surface area contributed by atoms with Crippen molar-refractivity contribution in [1.82, 2.24) is 19.6 Å². The van der Waals surface area contributed by atoms with Gasteiger partial charge >= 0.3 is 6.03 Å². The van der Waals surface area contributed by atoms with Crippen LogP contribution in [0.1, 0.15) is 22.5 Å². The number of hydrogen-bond donors (Lipinski definition) is 1. The number of aromatic nitrogens is 2. The Kier molecular flexibility index (Phi) is 6.41. The summed E-state index contributed by atoms with van der Waals surface area (Å²) in [6.45, 7) is 3.61. The first-order valence-corrected chi connectivity index (χ1v) is 10.7. The molecule has 0 unspecified atom stereocenters. The van der Waals surface area contributed by atoms with Gasteiger partial charge in [0, 0.05) is 36.9 Å². The first-order valence-electron chi connectivity index (χ1n) is 10.3. The molecular formula is C23H23ClFN5O2. The third kappa shape index (κ3) is 4.60. The summed E-state index contributed by atoms with van der Waals surface area (Å²) < 4.78 is 15.6. The fourth-order valence-electron chi connectivity index (χ4n) is 3.72. The first-order chi connectivity index (χ1) is 15.4. The second-order valence-electron chi connectivity index (χ2n) is 7.58. The number of benzene rings is 2. The Morgan fingerprint density at radius 1 is 1.00 bits per heavy atom. The zero-order valence-corrected chi connectivity index (χ0v) is 18.3. The van der Waals surface area contributed by atoms with Gasteiger partial charge in [-0.1, -0.05) is 23.7 Å². The van der Waals surface area contributed by atoms with Crippen molar-refractivity contribution in [3.8, 4) is 5.69 Å². The molecule has 0 spiro atoms. The minimum absolute atomic E-state index is 0.176. The van der Waals surface area contributed by atoms with Crippen LogP contribution in [0.2, 0.25) is 5.02 Å². The van der Waals surface area contributed by atoms with Gasteiger partial charge in [-0.15, -0.1) is 0 Å². The topological polar surface area (TPSA) is 70.5 Å². The Morgan fingerprint density at radius 3 is 2.44 bits per heavy atom. The van der Waals surface area contributed by atoms with Gasteiger partial charge in [0.25, 0.3) is 5.91 Å². The van der Waals surface area contributed by atoms with Crippen LogP contribution in [-0.4, -0.2) is 57.7 Å². The van der Waals surface area contributed by atoms with Gasteiger partial charge in [0.15, 0.2) is 0 Å². The van der Waals surface area contributed by atoms with Gasteiger partial charge in [-0.3, -0.25) is 4.79 Å². The fourth-order valence-corrected chi connectivity index (χ4v) is 3.84. The van der Waals surface area contributed by atoms with E-state index in [1.807, 2.05) is 0 Å². The van der Waals surface area contributed by atoms with E-state index in [1.165, 1.54) is 16.9 Å². The Balaban J connectivity index is 1.42. The normalized spacial score (nSPS) is 14.2. The smallest absolute Gasteiger partial charge is 0.321 e. The van der Waals surface area contributed by atoms with Crippen molar-refractivity contribution < 1.29 is 14.0 Å². The third-order valence-corrected chi connectivity index (χ3v) is 5.74. The van der Waals surface area contributed by atoms with E-state index in [0.717, 1.165) is 0 Å². The van der Waals surface area contributed by atoms with Crippen LogP contribution in [0.25, 0.3) is 5.69 Å². The van der Waals surface area contributed by atoms with Gasteiger partial charge in [0.1, 0.15) is 11.5 Å². The number of carbonyl (C=O) groups is 2. The zero-order valence-electron chi connectivity index (χ0n) is 17.6. The number of anilines is 1. The highest BCUT2D eigenvalue weighted by molar-refractivity contribution is 6.30. The molecule has 32 heavy (non-hydrogen) atoms. The molecule has 2 heterocycles. The summed E-state index contributed by atoms with van der Waals surface area (Å²) in [5, 5.41) is 7.68. The molecule has 0 saturated carbocycles. The number of nitrogens with zero attached hydrogens (tertiary/aromatic N) is 4. The highest BCUT2D eigenvalue weighted by Gasteiger charge is 2.25. The molecule has 4 rings (SSSR count).